The lowest BCUT2D eigenvalue weighted by molar-refractivity contribution is -0.127. The lowest BCUT2D eigenvalue weighted by atomic mass is 10.1. The molecule has 1 atom stereocenters. The van der Waals surface area contributed by atoms with Gasteiger partial charge in [-0.05, 0) is 44.3 Å². The third-order valence-electron chi connectivity index (χ3n) is 3.00. The minimum absolute atomic E-state index is 0.00385. The van der Waals surface area contributed by atoms with Crippen LogP contribution in [0.2, 0.25) is 0 Å². The van der Waals surface area contributed by atoms with Crippen molar-refractivity contribution >= 4 is 11.6 Å². The molecule has 0 aliphatic carbocycles. The molecule has 5 heteroatoms. The Balaban J connectivity index is 2.18. The van der Waals surface area contributed by atoms with Gasteiger partial charge in [0.1, 0.15) is 12.4 Å². The van der Waals surface area contributed by atoms with Gasteiger partial charge >= 0.3 is 0 Å². The topological polar surface area (TPSA) is 41.6 Å². The number of carbonyl (C=O) groups is 1. The summed E-state index contributed by atoms with van der Waals surface area (Å²) in [7, 11) is 1.87. The van der Waals surface area contributed by atoms with Crippen LogP contribution in [0.15, 0.2) is 24.3 Å². The molecule has 98 valence electrons. The number of amides is 1. The van der Waals surface area contributed by atoms with Crippen LogP contribution in [0.3, 0.4) is 0 Å². The summed E-state index contributed by atoms with van der Waals surface area (Å²) in [6, 6.07) is 6.00. The van der Waals surface area contributed by atoms with Crippen molar-refractivity contribution in [3.05, 3.63) is 30.1 Å². The van der Waals surface area contributed by atoms with Gasteiger partial charge in [0, 0.05) is 5.69 Å². The molecule has 0 radical (unpaired) electrons. The van der Waals surface area contributed by atoms with Crippen LogP contribution in [0, 0.1) is 5.82 Å². The Kier molecular flexibility index (Phi) is 4.28. The summed E-state index contributed by atoms with van der Waals surface area (Å²) >= 11 is 0. The van der Waals surface area contributed by atoms with Crippen molar-refractivity contribution in [2.24, 2.45) is 0 Å². The first-order chi connectivity index (χ1) is 8.72. The molecular weight excluding hydrogens is 235 g/mol. The van der Waals surface area contributed by atoms with Crippen molar-refractivity contribution < 1.29 is 13.9 Å². The summed E-state index contributed by atoms with van der Waals surface area (Å²) < 4.78 is 18.2. The number of anilines is 1. The number of hydrogen-bond donors (Lipinski definition) is 1. The maximum absolute atomic E-state index is 12.9. The van der Waals surface area contributed by atoms with Crippen LogP contribution >= 0.6 is 0 Å². The number of ether oxygens (including phenoxy) is 1. The highest BCUT2D eigenvalue weighted by molar-refractivity contribution is 5.95. The van der Waals surface area contributed by atoms with E-state index < -0.39 is 0 Å². The zero-order valence-corrected chi connectivity index (χ0v) is 10.4. The van der Waals surface area contributed by atoms with E-state index in [0.29, 0.717) is 6.61 Å². The van der Waals surface area contributed by atoms with Gasteiger partial charge < -0.3 is 15.0 Å². The smallest absolute Gasteiger partial charge is 0.253 e. The highest BCUT2D eigenvalue weighted by Gasteiger charge is 2.29. The quantitative estimate of drug-likeness (QED) is 0.874. The second-order valence-corrected chi connectivity index (χ2v) is 4.30. The minimum Gasteiger partial charge on any atom is -0.369 e. The van der Waals surface area contributed by atoms with Crippen molar-refractivity contribution in [3.8, 4) is 0 Å². The molecule has 18 heavy (non-hydrogen) atoms. The number of carbonyl (C=O) groups excluding carboxylic acids is 1. The number of halogens is 1. The summed E-state index contributed by atoms with van der Waals surface area (Å²) in [5, 5.41) is 3.06. The molecule has 0 aromatic heterocycles. The Bertz CT molecular complexity index is 408. The van der Waals surface area contributed by atoms with Gasteiger partial charge in [-0.3, -0.25) is 4.79 Å². The Morgan fingerprint density at radius 2 is 2.17 bits per heavy atom. The van der Waals surface area contributed by atoms with Crippen molar-refractivity contribution in [2.45, 2.75) is 12.5 Å². The largest absolute Gasteiger partial charge is 0.369 e. The van der Waals surface area contributed by atoms with Crippen molar-refractivity contribution in [3.63, 3.8) is 0 Å². The van der Waals surface area contributed by atoms with E-state index >= 15 is 0 Å². The van der Waals surface area contributed by atoms with E-state index in [1.165, 1.54) is 12.1 Å². The fourth-order valence-corrected chi connectivity index (χ4v) is 2.11. The molecule has 1 aromatic rings. The number of nitrogens with one attached hydrogen (secondary N) is 1. The van der Waals surface area contributed by atoms with Gasteiger partial charge in [-0.15, -0.1) is 0 Å². The molecule has 1 saturated heterocycles. The summed E-state index contributed by atoms with van der Waals surface area (Å²) in [6.45, 7) is 1.41. The predicted octanol–water partition coefficient (Wildman–Crippen LogP) is 1.17. The van der Waals surface area contributed by atoms with Crippen LogP contribution in [0.4, 0.5) is 10.1 Å². The first-order valence-corrected chi connectivity index (χ1v) is 6.02. The van der Waals surface area contributed by atoms with Gasteiger partial charge in [0.25, 0.3) is 5.91 Å². The standard InChI is InChI=1S/C13H17FN2O2/c1-15-7-6-12-8-18-9-13(17)16(12)11-4-2-10(14)3-5-11/h2-5,12,15H,6-9H2,1H3. The fraction of sp³-hybridized carbons (Fsp3) is 0.462. The van der Waals surface area contributed by atoms with Gasteiger partial charge in [0.05, 0.1) is 12.6 Å². The zero-order chi connectivity index (χ0) is 13.0. The molecule has 0 spiro atoms. The van der Waals surface area contributed by atoms with Crippen molar-refractivity contribution in [1.82, 2.24) is 5.32 Å². The van der Waals surface area contributed by atoms with Crippen molar-refractivity contribution in [1.29, 1.82) is 0 Å². The van der Waals surface area contributed by atoms with E-state index in [9.17, 15) is 9.18 Å². The average molecular weight is 252 g/mol. The van der Waals surface area contributed by atoms with Crippen LogP contribution in [0.25, 0.3) is 0 Å². The second-order valence-electron chi connectivity index (χ2n) is 4.30. The van der Waals surface area contributed by atoms with E-state index in [2.05, 4.69) is 5.32 Å². The van der Waals surface area contributed by atoms with E-state index in [4.69, 9.17) is 4.74 Å². The normalized spacial score (nSPS) is 20.2. The first kappa shape index (κ1) is 13.0. The number of morpholine rings is 1. The van der Waals surface area contributed by atoms with Gasteiger partial charge in [-0.25, -0.2) is 4.39 Å². The van der Waals surface area contributed by atoms with Crippen LogP contribution in [-0.4, -0.2) is 38.8 Å². The fourth-order valence-electron chi connectivity index (χ4n) is 2.11. The average Bonchev–Trinajstić information content (AvgIpc) is 2.38. The maximum atomic E-state index is 12.9. The highest BCUT2D eigenvalue weighted by atomic mass is 19.1. The molecule has 1 aliphatic heterocycles. The summed E-state index contributed by atoms with van der Waals surface area (Å²) in [5.41, 5.74) is 0.728. The summed E-state index contributed by atoms with van der Waals surface area (Å²) in [5.74, 6) is -0.375. The Morgan fingerprint density at radius 1 is 1.44 bits per heavy atom. The summed E-state index contributed by atoms with van der Waals surface area (Å²) in [4.78, 5) is 13.6. The van der Waals surface area contributed by atoms with E-state index in [0.717, 1.165) is 18.7 Å². The number of nitrogens with zero attached hydrogens (tertiary/aromatic N) is 1. The number of benzene rings is 1. The molecule has 0 saturated carbocycles. The van der Waals surface area contributed by atoms with Crippen LogP contribution in [-0.2, 0) is 9.53 Å². The Hall–Kier alpha value is -1.46. The lowest BCUT2D eigenvalue weighted by Crippen LogP contribution is -2.50. The monoisotopic (exact) mass is 252 g/mol. The Morgan fingerprint density at radius 3 is 2.83 bits per heavy atom. The molecule has 1 aliphatic rings. The predicted molar refractivity (Wildman–Crippen MR) is 67.0 cm³/mol. The van der Waals surface area contributed by atoms with E-state index in [-0.39, 0.29) is 24.4 Å². The third-order valence-corrected chi connectivity index (χ3v) is 3.00. The number of hydrogen-bond acceptors (Lipinski definition) is 3. The third kappa shape index (κ3) is 2.86. The molecular formula is C13H17FN2O2. The first-order valence-electron chi connectivity index (χ1n) is 6.02. The highest BCUT2D eigenvalue weighted by Crippen LogP contribution is 2.22. The SMILES string of the molecule is CNCCC1COCC(=O)N1c1ccc(F)cc1. The molecule has 1 amide bonds. The summed E-state index contributed by atoms with van der Waals surface area (Å²) in [6.07, 6.45) is 0.805. The van der Waals surface area contributed by atoms with Crippen LogP contribution < -0.4 is 10.2 Å². The number of rotatable bonds is 4. The zero-order valence-electron chi connectivity index (χ0n) is 10.4. The van der Waals surface area contributed by atoms with Gasteiger partial charge in [-0.2, -0.15) is 0 Å². The van der Waals surface area contributed by atoms with Crippen LogP contribution in [0.1, 0.15) is 6.42 Å². The molecule has 2 rings (SSSR count). The second kappa shape index (κ2) is 5.93. The molecule has 1 aromatic carbocycles. The lowest BCUT2D eigenvalue weighted by Gasteiger charge is -2.35. The van der Waals surface area contributed by atoms with Gasteiger partial charge in [0.15, 0.2) is 0 Å². The molecule has 0 bridgehead atoms. The maximum Gasteiger partial charge on any atom is 0.253 e. The van der Waals surface area contributed by atoms with Gasteiger partial charge in [0.2, 0.25) is 0 Å². The van der Waals surface area contributed by atoms with Gasteiger partial charge in [-0.1, -0.05) is 0 Å². The van der Waals surface area contributed by atoms with Crippen molar-refractivity contribution in [2.75, 3.05) is 31.7 Å². The molecule has 1 heterocycles. The molecule has 1 fully saturated rings. The molecule has 1 N–H and O–H groups in total. The minimum atomic E-state index is -0.300. The van der Waals surface area contributed by atoms with Crippen LogP contribution in [0.5, 0.6) is 0 Å². The molecule has 4 nitrogen and oxygen atoms in total. The van der Waals surface area contributed by atoms with E-state index in [1.807, 2.05) is 7.05 Å². The Labute approximate surface area is 106 Å². The molecule has 1 unspecified atom stereocenters. The van der Waals surface area contributed by atoms with E-state index in [1.54, 1.807) is 17.0 Å².